The van der Waals surface area contributed by atoms with Crippen LogP contribution in [-0.2, 0) is 0 Å². The zero-order valence-corrected chi connectivity index (χ0v) is 15.1. The summed E-state index contributed by atoms with van der Waals surface area (Å²) < 4.78 is 23.4. The fourth-order valence-corrected chi connectivity index (χ4v) is 3.13. The Balaban J connectivity index is 1.49. The summed E-state index contributed by atoms with van der Waals surface area (Å²) in [5.41, 5.74) is 2.31. The molecule has 0 spiro atoms. The summed E-state index contributed by atoms with van der Waals surface area (Å²) in [7, 11) is 0. The van der Waals surface area contributed by atoms with Crippen LogP contribution in [0.25, 0.3) is 23.5 Å². The molecule has 0 bridgehead atoms. The Labute approximate surface area is 157 Å². The van der Waals surface area contributed by atoms with Crippen LogP contribution in [0.5, 0.6) is 5.06 Å². The number of rotatable bonds is 5. The van der Waals surface area contributed by atoms with E-state index in [0.717, 1.165) is 19.0 Å². The standard InChI is InChI=1S/C18H15FN4O3S/c1-10-17(26-18(24)22-13-4-5-13)27-15(21-10)7-2-11-9-25-23-16(11)14-6-3-12(19)8-20-14/h2-3,6-9,13H,4-5H2,1H3,(H,22,24)/b7-2+. The molecule has 27 heavy (non-hydrogen) atoms. The predicted molar refractivity (Wildman–Crippen MR) is 97.7 cm³/mol. The second kappa shape index (κ2) is 7.28. The highest BCUT2D eigenvalue weighted by Gasteiger charge is 2.24. The van der Waals surface area contributed by atoms with Crippen molar-refractivity contribution in [1.29, 1.82) is 0 Å². The highest BCUT2D eigenvalue weighted by atomic mass is 32.1. The molecule has 4 rings (SSSR count). The Morgan fingerprint density at radius 1 is 1.41 bits per heavy atom. The van der Waals surface area contributed by atoms with Gasteiger partial charge in [-0.25, -0.2) is 14.2 Å². The van der Waals surface area contributed by atoms with Crippen molar-refractivity contribution in [2.75, 3.05) is 0 Å². The third-order valence-corrected chi connectivity index (χ3v) is 4.83. The molecule has 1 aliphatic carbocycles. The number of amides is 1. The molecule has 1 N–H and O–H groups in total. The molecule has 1 saturated carbocycles. The van der Waals surface area contributed by atoms with E-state index in [1.165, 1.54) is 29.7 Å². The van der Waals surface area contributed by atoms with Crippen molar-refractivity contribution in [3.05, 3.63) is 46.7 Å². The topological polar surface area (TPSA) is 90.1 Å². The molecule has 1 amide bonds. The fraction of sp³-hybridized carbons (Fsp3) is 0.222. The Morgan fingerprint density at radius 3 is 3.00 bits per heavy atom. The number of ether oxygens (including phenoxy) is 1. The number of hydrogen-bond acceptors (Lipinski definition) is 7. The first kappa shape index (κ1) is 17.3. The van der Waals surface area contributed by atoms with E-state index in [1.54, 1.807) is 19.1 Å². The van der Waals surface area contributed by atoms with Gasteiger partial charge in [0.25, 0.3) is 0 Å². The number of thiazole rings is 1. The van der Waals surface area contributed by atoms with Crippen molar-refractivity contribution in [1.82, 2.24) is 20.4 Å². The van der Waals surface area contributed by atoms with Crippen molar-refractivity contribution in [3.8, 4) is 16.5 Å². The van der Waals surface area contributed by atoms with Crippen LogP contribution < -0.4 is 10.1 Å². The quantitative estimate of drug-likeness (QED) is 0.711. The van der Waals surface area contributed by atoms with Gasteiger partial charge in [0.15, 0.2) is 0 Å². The molecule has 138 valence electrons. The first-order chi connectivity index (χ1) is 13.1. The summed E-state index contributed by atoms with van der Waals surface area (Å²) in [6, 6.07) is 3.07. The van der Waals surface area contributed by atoms with Crippen LogP contribution in [0.2, 0.25) is 0 Å². The number of aryl methyl sites for hydroxylation is 1. The van der Waals surface area contributed by atoms with E-state index in [1.807, 2.05) is 0 Å². The summed E-state index contributed by atoms with van der Waals surface area (Å²) in [6.07, 6.45) is 7.66. The monoisotopic (exact) mass is 386 g/mol. The molecule has 3 aromatic rings. The molecule has 9 heteroatoms. The zero-order valence-electron chi connectivity index (χ0n) is 14.3. The van der Waals surface area contributed by atoms with Gasteiger partial charge in [-0.1, -0.05) is 16.5 Å². The predicted octanol–water partition coefficient (Wildman–Crippen LogP) is 4.06. The van der Waals surface area contributed by atoms with Gasteiger partial charge in [-0.05, 0) is 44.1 Å². The molecule has 1 fully saturated rings. The van der Waals surface area contributed by atoms with Gasteiger partial charge in [-0.2, -0.15) is 0 Å². The van der Waals surface area contributed by atoms with Crippen LogP contribution in [0, 0.1) is 12.7 Å². The zero-order chi connectivity index (χ0) is 18.8. The number of carbonyl (C=O) groups excluding carboxylic acids is 1. The third kappa shape index (κ3) is 4.20. The van der Waals surface area contributed by atoms with Crippen molar-refractivity contribution < 1.29 is 18.4 Å². The molecule has 3 aromatic heterocycles. The molecule has 0 aliphatic heterocycles. The summed E-state index contributed by atoms with van der Waals surface area (Å²) in [5.74, 6) is -0.421. The number of aromatic nitrogens is 3. The number of hydrogen-bond donors (Lipinski definition) is 1. The Bertz CT molecular complexity index is 992. The molecule has 0 unspecified atom stereocenters. The van der Waals surface area contributed by atoms with Gasteiger partial charge in [0.05, 0.1) is 17.6 Å². The van der Waals surface area contributed by atoms with Crippen LogP contribution in [0.3, 0.4) is 0 Å². The van der Waals surface area contributed by atoms with E-state index >= 15 is 0 Å². The minimum atomic E-state index is -0.455. The number of nitrogens with one attached hydrogen (secondary N) is 1. The lowest BCUT2D eigenvalue weighted by atomic mass is 10.1. The number of halogens is 1. The van der Waals surface area contributed by atoms with Crippen molar-refractivity contribution in [3.63, 3.8) is 0 Å². The number of pyridine rings is 1. The van der Waals surface area contributed by atoms with Crippen LogP contribution in [-0.4, -0.2) is 27.3 Å². The molecule has 7 nitrogen and oxygen atoms in total. The minimum absolute atomic E-state index is 0.233. The molecule has 0 radical (unpaired) electrons. The fourth-order valence-electron chi connectivity index (χ4n) is 2.31. The van der Waals surface area contributed by atoms with Crippen LogP contribution >= 0.6 is 11.3 Å². The van der Waals surface area contributed by atoms with E-state index in [2.05, 4.69) is 20.4 Å². The number of carbonyl (C=O) groups is 1. The first-order valence-electron chi connectivity index (χ1n) is 8.28. The van der Waals surface area contributed by atoms with Crippen molar-refractivity contribution in [2.45, 2.75) is 25.8 Å². The maximum atomic E-state index is 13.0. The number of nitrogens with zero attached hydrogens (tertiary/aromatic N) is 3. The van der Waals surface area contributed by atoms with E-state index in [4.69, 9.17) is 9.26 Å². The van der Waals surface area contributed by atoms with Crippen LogP contribution in [0.4, 0.5) is 9.18 Å². The van der Waals surface area contributed by atoms with E-state index < -0.39 is 11.9 Å². The first-order valence-corrected chi connectivity index (χ1v) is 9.10. The van der Waals surface area contributed by atoms with Gasteiger partial charge >= 0.3 is 6.09 Å². The van der Waals surface area contributed by atoms with Crippen LogP contribution in [0.15, 0.2) is 29.1 Å². The highest BCUT2D eigenvalue weighted by molar-refractivity contribution is 7.14. The second-order valence-corrected chi connectivity index (χ2v) is 7.04. The molecular formula is C18H15FN4O3S. The molecule has 0 saturated heterocycles. The van der Waals surface area contributed by atoms with Gasteiger partial charge in [-0.15, -0.1) is 0 Å². The van der Waals surface area contributed by atoms with Gasteiger partial charge < -0.3 is 14.6 Å². The molecule has 0 aromatic carbocycles. The minimum Gasteiger partial charge on any atom is -0.397 e. The summed E-state index contributed by atoms with van der Waals surface area (Å²) in [6.45, 7) is 1.78. The van der Waals surface area contributed by atoms with Crippen LogP contribution in [0.1, 0.15) is 29.1 Å². The van der Waals surface area contributed by atoms with Gasteiger partial charge in [0, 0.05) is 11.6 Å². The van der Waals surface area contributed by atoms with Gasteiger partial charge in [-0.3, -0.25) is 4.98 Å². The van der Waals surface area contributed by atoms with Crippen molar-refractivity contribution >= 4 is 29.6 Å². The summed E-state index contributed by atoms with van der Waals surface area (Å²) in [4.78, 5) is 20.2. The summed E-state index contributed by atoms with van der Waals surface area (Å²) >= 11 is 1.26. The average Bonchev–Trinajstić information content (AvgIpc) is 3.21. The SMILES string of the molecule is Cc1nc(/C=C/c2conc2-c2ccc(F)cn2)sc1OC(=O)NC1CC1. The maximum Gasteiger partial charge on any atom is 0.413 e. The van der Waals surface area contributed by atoms with Gasteiger partial charge in [0.2, 0.25) is 5.06 Å². The normalized spacial score (nSPS) is 13.9. The highest BCUT2D eigenvalue weighted by Crippen LogP contribution is 2.29. The van der Waals surface area contributed by atoms with E-state index in [-0.39, 0.29) is 6.04 Å². The lowest BCUT2D eigenvalue weighted by Gasteiger charge is -2.02. The molecule has 0 atom stereocenters. The van der Waals surface area contributed by atoms with E-state index in [0.29, 0.717) is 32.7 Å². The lowest BCUT2D eigenvalue weighted by molar-refractivity contribution is 0.201. The third-order valence-electron chi connectivity index (χ3n) is 3.83. The van der Waals surface area contributed by atoms with Crippen molar-refractivity contribution in [2.24, 2.45) is 0 Å². The molecular weight excluding hydrogens is 371 g/mol. The Morgan fingerprint density at radius 2 is 2.26 bits per heavy atom. The lowest BCUT2D eigenvalue weighted by Crippen LogP contribution is -2.28. The molecule has 1 aliphatic rings. The second-order valence-electron chi connectivity index (χ2n) is 6.05. The molecule has 3 heterocycles. The summed E-state index contributed by atoms with van der Waals surface area (Å²) in [5, 5.41) is 7.81. The van der Waals surface area contributed by atoms with Gasteiger partial charge in [0.1, 0.15) is 22.8 Å². The van der Waals surface area contributed by atoms with E-state index in [9.17, 15) is 9.18 Å². The Hall–Kier alpha value is -3.07. The Kier molecular flexibility index (Phi) is 4.68. The smallest absolute Gasteiger partial charge is 0.397 e. The average molecular weight is 386 g/mol. The largest absolute Gasteiger partial charge is 0.413 e. The maximum absolute atomic E-state index is 13.0.